The Morgan fingerprint density at radius 2 is 2.00 bits per heavy atom. The monoisotopic (exact) mass is 413 g/mol. The predicted molar refractivity (Wildman–Crippen MR) is 108 cm³/mol. The third-order valence-electron chi connectivity index (χ3n) is 4.83. The van der Waals surface area contributed by atoms with Gasteiger partial charge in [0.2, 0.25) is 5.91 Å². The van der Waals surface area contributed by atoms with Crippen LogP contribution in [0.15, 0.2) is 35.3 Å². The van der Waals surface area contributed by atoms with Crippen LogP contribution in [-0.2, 0) is 11.3 Å². The Hall–Kier alpha value is -2.29. The van der Waals surface area contributed by atoms with Crippen LogP contribution in [0.2, 0.25) is 0 Å². The van der Waals surface area contributed by atoms with E-state index in [1.165, 1.54) is 5.56 Å². The summed E-state index contributed by atoms with van der Waals surface area (Å²) in [5.74, 6) is -0.231. The Labute approximate surface area is 170 Å². The van der Waals surface area contributed by atoms with Crippen molar-refractivity contribution in [2.24, 2.45) is 4.99 Å². The van der Waals surface area contributed by atoms with Crippen LogP contribution in [0.4, 0.5) is 13.2 Å². The molecule has 0 spiro atoms. The van der Waals surface area contributed by atoms with Gasteiger partial charge in [-0.25, -0.2) is 4.99 Å². The van der Waals surface area contributed by atoms with E-state index < -0.39 is 18.6 Å². The van der Waals surface area contributed by atoms with E-state index >= 15 is 0 Å². The Balaban J connectivity index is 1.90. The van der Waals surface area contributed by atoms with Gasteiger partial charge >= 0.3 is 6.18 Å². The van der Waals surface area contributed by atoms with Crippen molar-refractivity contribution in [1.82, 2.24) is 20.4 Å². The summed E-state index contributed by atoms with van der Waals surface area (Å²) in [6.45, 7) is 4.72. The maximum atomic E-state index is 12.4. The summed E-state index contributed by atoms with van der Waals surface area (Å²) >= 11 is 0. The second-order valence-electron chi connectivity index (χ2n) is 7.40. The molecule has 162 valence electrons. The molecule has 0 aromatic heterocycles. The summed E-state index contributed by atoms with van der Waals surface area (Å²) in [6.07, 6.45) is -3.50. The quantitative estimate of drug-likeness (QED) is 0.532. The smallest absolute Gasteiger partial charge is 0.357 e. The second kappa shape index (κ2) is 10.5. The second-order valence-corrected chi connectivity index (χ2v) is 7.40. The highest BCUT2D eigenvalue weighted by atomic mass is 19.4. The van der Waals surface area contributed by atoms with Crippen LogP contribution in [-0.4, -0.2) is 73.2 Å². The van der Waals surface area contributed by atoms with Crippen molar-refractivity contribution < 1.29 is 18.0 Å². The number of hydrogen-bond acceptors (Lipinski definition) is 3. The number of rotatable bonds is 7. The molecule has 1 aromatic rings. The van der Waals surface area contributed by atoms with E-state index in [-0.39, 0.29) is 12.6 Å². The zero-order valence-electron chi connectivity index (χ0n) is 17.2. The number of hydrogen-bond donors (Lipinski definition) is 2. The fourth-order valence-electron chi connectivity index (χ4n) is 3.38. The van der Waals surface area contributed by atoms with Crippen molar-refractivity contribution in [3.8, 4) is 0 Å². The number of likely N-dealkylation sites (N-methyl/N-ethyl adjacent to an activating group) is 1. The maximum Gasteiger partial charge on any atom is 0.406 e. The molecule has 29 heavy (non-hydrogen) atoms. The molecule has 1 saturated heterocycles. The van der Waals surface area contributed by atoms with Crippen molar-refractivity contribution in [3.05, 3.63) is 35.9 Å². The Kier molecular flexibility index (Phi) is 8.31. The van der Waals surface area contributed by atoms with Gasteiger partial charge in [-0.2, -0.15) is 13.2 Å². The summed E-state index contributed by atoms with van der Waals surface area (Å²) in [4.78, 5) is 19.1. The molecular weight excluding hydrogens is 383 g/mol. The highest BCUT2D eigenvalue weighted by Crippen LogP contribution is 2.20. The van der Waals surface area contributed by atoms with Gasteiger partial charge < -0.3 is 15.5 Å². The first-order chi connectivity index (χ1) is 13.7. The number of nitrogens with zero attached hydrogens (tertiary/aromatic N) is 3. The van der Waals surface area contributed by atoms with Crippen LogP contribution in [0.1, 0.15) is 25.8 Å². The van der Waals surface area contributed by atoms with Gasteiger partial charge in [0, 0.05) is 38.8 Å². The molecular formula is C20H30F3N5O. The molecule has 2 unspecified atom stereocenters. The number of halogens is 3. The lowest BCUT2D eigenvalue weighted by Crippen LogP contribution is -2.45. The van der Waals surface area contributed by atoms with Gasteiger partial charge in [-0.1, -0.05) is 30.3 Å². The standard InChI is InChI=1S/C20H30F3N5O/c1-4-24-19(25-11-18(29)27(3)14-20(21,22)23)26-17-10-15(2)28(13-17)12-16-8-6-5-7-9-16/h5-9,15,17H,4,10-14H2,1-3H3,(H2,24,25,26). The van der Waals surface area contributed by atoms with Crippen molar-refractivity contribution in [2.75, 3.05) is 33.2 Å². The highest BCUT2D eigenvalue weighted by molar-refractivity contribution is 5.85. The summed E-state index contributed by atoms with van der Waals surface area (Å²) in [5, 5.41) is 6.37. The zero-order valence-corrected chi connectivity index (χ0v) is 17.2. The van der Waals surface area contributed by atoms with Crippen molar-refractivity contribution in [2.45, 2.75) is 45.1 Å². The molecule has 1 aromatic carbocycles. The lowest BCUT2D eigenvalue weighted by Gasteiger charge is -2.21. The fraction of sp³-hybridized carbons (Fsp3) is 0.600. The van der Waals surface area contributed by atoms with Gasteiger partial charge in [-0.05, 0) is 25.8 Å². The number of alkyl halides is 3. The third kappa shape index (κ3) is 7.92. The Bertz CT molecular complexity index is 680. The number of carbonyl (C=O) groups is 1. The average molecular weight is 413 g/mol. The fourth-order valence-corrected chi connectivity index (χ4v) is 3.38. The van der Waals surface area contributed by atoms with E-state index in [4.69, 9.17) is 0 Å². The molecule has 0 radical (unpaired) electrons. The van der Waals surface area contributed by atoms with Crippen molar-refractivity contribution in [3.63, 3.8) is 0 Å². The van der Waals surface area contributed by atoms with Gasteiger partial charge in [0.15, 0.2) is 5.96 Å². The molecule has 2 rings (SSSR count). The van der Waals surface area contributed by atoms with Gasteiger partial charge in [-0.3, -0.25) is 9.69 Å². The summed E-state index contributed by atoms with van der Waals surface area (Å²) in [6, 6.07) is 10.8. The molecule has 9 heteroatoms. The highest BCUT2D eigenvalue weighted by Gasteiger charge is 2.31. The van der Waals surface area contributed by atoms with Crippen LogP contribution >= 0.6 is 0 Å². The molecule has 2 N–H and O–H groups in total. The molecule has 1 aliphatic heterocycles. The topological polar surface area (TPSA) is 60.0 Å². The molecule has 0 aliphatic carbocycles. The predicted octanol–water partition coefficient (Wildman–Crippen LogP) is 2.23. The first kappa shape index (κ1) is 23.0. The molecule has 2 atom stereocenters. The van der Waals surface area contributed by atoms with E-state index in [9.17, 15) is 18.0 Å². The summed E-state index contributed by atoms with van der Waals surface area (Å²) in [5.41, 5.74) is 1.25. The minimum Gasteiger partial charge on any atom is -0.357 e. The average Bonchev–Trinajstić information content (AvgIpc) is 2.98. The maximum absolute atomic E-state index is 12.4. The van der Waals surface area contributed by atoms with Crippen molar-refractivity contribution >= 4 is 11.9 Å². The molecule has 1 aliphatic rings. The lowest BCUT2D eigenvalue weighted by molar-refractivity contribution is -0.157. The lowest BCUT2D eigenvalue weighted by atomic mass is 10.2. The Morgan fingerprint density at radius 1 is 1.31 bits per heavy atom. The third-order valence-corrected chi connectivity index (χ3v) is 4.83. The van der Waals surface area contributed by atoms with Gasteiger partial charge in [0.25, 0.3) is 0 Å². The number of benzene rings is 1. The molecule has 0 bridgehead atoms. The number of aliphatic imine (C=N–C) groups is 1. The van der Waals surface area contributed by atoms with E-state index in [0.29, 0.717) is 23.4 Å². The Morgan fingerprint density at radius 3 is 2.62 bits per heavy atom. The number of nitrogens with one attached hydrogen (secondary N) is 2. The molecule has 1 amide bonds. The first-order valence-corrected chi connectivity index (χ1v) is 9.81. The number of likely N-dealkylation sites (tertiary alicyclic amines) is 1. The minimum absolute atomic E-state index is 0.148. The summed E-state index contributed by atoms with van der Waals surface area (Å²) in [7, 11) is 1.13. The van der Waals surface area contributed by atoms with Crippen LogP contribution in [0.3, 0.4) is 0 Å². The first-order valence-electron chi connectivity index (χ1n) is 9.81. The minimum atomic E-state index is -4.42. The van der Waals surface area contributed by atoms with Crippen LogP contribution in [0, 0.1) is 0 Å². The van der Waals surface area contributed by atoms with Crippen LogP contribution in [0.5, 0.6) is 0 Å². The molecule has 1 heterocycles. The van der Waals surface area contributed by atoms with Crippen LogP contribution in [0.25, 0.3) is 0 Å². The summed E-state index contributed by atoms with van der Waals surface area (Å²) < 4.78 is 37.3. The normalized spacial score (nSPS) is 20.6. The van der Waals surface area contributed by atoms with E-state index in [1.54, 1.807) is 0 Å². The van der Waals surface area contributed by atoms with Gasteiger partial charge in [0.05, 0.1) is 0 Å². The van der Waals surface area contributed by atoms with E-state index in [0.717, 1.165) is 26.6 Å². The zero-order chi connectivity index (χ0) is 21.4. The van der Waals surface area contributed by atoms with Gasteiger partial charge in [0.1, 0.15) is 13.1 Å². The molecule has 6 nitrogen and oxygen atoms in total. The molecule has 1 fully saturated rings. The van der Waals surface area contributed by atoms with E-state index in [2.05, 4.69) is 39.6 Å². The molecule has 0 saturated carbocycles. The van der Waals surface area contributed by atoms with Gasteiger partial charge in [-0.15, -0.1) is 0 Å². The largest absolute Gasteiger partial charge is 0.406 e. The van der Waals surface area contributed by atoms with Crippen molar-refractivity contribution in [1.29, 1.82) is 0 Å². The van der Waals surface area contributed by atoms with Crippen LogP contribution < -0.4 is 10.6 Å². The SMILES string of the molecule is CCNC(=NCC(=O)N(C)CC(F)(F)F)NC1CC(C)N(Cc2ccccc2)C1. The number of amides is 1. The number of carbonyl (C=O) groups excluding carboxylic acids is 1. The number of guanidine groups is 1. The van der Waals surface area contributed by atoms with E-state index in [1.807, 2.05) is 25.1 Å².